The molecule has 3 rings (SSSR count). The second-order valence-electron chi connectivity index (χ2n) is 5.18. The maximum Gasteiger partial charge on any atom is 0.190 e. The van der Waals surface area contributed by atoms with Gasteiger partial charge in [0.1, 0.15) is 31.2 Å². The van der Waals surface area contributed by atoms with Gasteiger partial charge in [0, 0.05) is 6.61 Å². The second kappa shape index (κ2) is 4.70. The van der Waals surface area contributed by atoms with E-state index in [2.05, 4.69) is 0 Å². The minimum absolute atomic E-state index is 0.0949. The Morgan fingerprint density at radius 1 is 1.22 bits per heavy atom. The molecule has 0 spiro atoms. The summed E-state index contributed by atoms with van der Waals surface area (Å²) >= 11 is 0. The quantitative estimate of drug-likeness (QED) is 0.411. The van der Waals surface area contributed by atoms with E-state index in [0.29, 0.717) is 13.2 Å². The topological polar surface area (TPSA) is 58.7 Å². The number of rotatable bonds is 5. The Kier molecular flexibility index (Phi) is 3.34. The van der Waals surface area contributed by atoms with Crippen LogP contribution >= 0.6 is 0 Å². The van der Waals surface area contributed by atoms with Crippen LogP contribution < -0.4 is 0 Å². The first-order valence-electron chi connectivity index (χ1n) is 6.43. The highest BCUT2D eigenvalue weighted by molar-refractivity contribution is 5.00. The number of ether oxygens (including phenoxy) is 6. The normalized spacial score (nSPS) is 45.2. The maximum atomic E-state index is 5.84. The Labute approximate surface area is 106 Å². The summed E-state index contributed by atoms with van der Waals surface area (Å²) in [7, 11) is 0. The number of hydrogen-bond donors (Lipinski definition) is 0. The van der Waals surface area contributed by atoms with Crippen LogP contribution in [0.15, 0.2) is 0 Å². The fourth-order valence-electron chi connectivity index (χ4n) is 2.45. The zero-order chi connectivity index (χ0) is 12.8. The van der Waals surface area contributed by atoms with E-state index in [1.165, 1.54) is 0 Å². The lowest BCUT2D eigenvalue weighted by molar-refractivity contribution is -0.226. The molecule has 3 fully saturated rings. The molecule has 5 atom stereocenters. The maximum absolute atomic E-state index is 5.84. The lowest BCUT2D eigenvalue weighted by atomic mass is 10.1. The molecule has 0 bridgehead atoms. The molecule has 0 saturated carbocycles. The molecule has 6 nitrogen and oxygen atoms in total. The molecule has 3 unspecified atom stereocenters. The van der Waals surface area contributed by atoms with E-state index >= 15 is 0 Å². The highest BCUT2D eigenvalue weighted by Crippen LogP contribution is 2.41. The minimum atomic E-state index is -0.627. The molecule has 0 aromatic carbocycles. The third kappa shape index (κ3) is 2.41. The molecule has 104 valence electrons. The summed E-state index contributed by atoms with van der Waals surface area (Å²) in [4.78, 5) is 0. The first kappa shape index (κ1) is 12.8. The van der Waals surface area contributed by atoms with Gasteiger partial charge in [0.2, 0.25) is 0 Å². The van der Waals surface area contributed by atoms with Crippen LogP contribution in [0.4, 0.5) is 0 Å². The molecule has 0 aliphatic carbocycles. The SMILES string of the molecule is CCOCOC1C2OC(C)(C)O[C@H]2O[C@@H]1C1CO1. The Hall–Kier alpha value is -0.240. The summed E-state index contributed by atoms with van der Waals surface area (Å²) < 4.78 is 33.6. The van der Waals surface area contributed by atoms with Crippen LogP contribution in [0.1, 0.15) is 20.8 Å². The van der Waals surface area contributed by atoms with Crippen molar-refractivity contribution in [3.63, 3.8) is 0 Å². The van der Waals surface area contributed by atoms with Gasteiger partial charge in [0.15, 0.2) is 12.1 Å². The molecule has 18 heavy (non-hydrogen) atoms. The lowest BCUT2D eigenvalue weighted by Gasteiger charge is -2.24. The summed E-state index contributed by atoms with van der Waals surface area (Å²) in [5.41, 5.74) is 0. The molecule has 0 radical (unpaired) electrons. The van der Waals surface area contributed by atoms with E-state index in [0.717, 1.165) is 0 Å². The van der Waals surface area contributed by atoms with Gasteiger partial charge >= 0.3 is 0 Å². The molecular formula is C12H20O6. The second-order valence-corrected chi connectivity index (χ2v) is 5.18. The largest absolute Gasteiger partial charge is 0.370 e. The molecule has 3 saturated heterocycles. The van der Waals surface area contributed by atoms with Crippen molar-refractivity contribution < 1.29 is 28.4 Å². The van der Waals surface area contributed by atoms with Crippen LogP contribution in [0.5, 0.6) is 0 Å². The molecule has 0 aromatic heterocycles. The predicted octanol–water partition coefficient (Wildman–Crippen LogP) is 0.641. The Morgan fingerprint density at radius 2 is 2.00 bits per heavy atom. The summed E-state index contributed by atoms with van der Waals surface area (Å²) in [6.45, 7) is 7.24. The Morgan fingerprint density at radius 3 is 2.67 bits per heavy atom. The summed E-state index contributed by atoms with van der Waals surface area (Å²) in [6.07, 6.45) is -0.819. The van der Waals surface area contributed by atoms with Crippen molar-refractivity contribution in [2.24, 2.45) is 0 Å². The average molecular weight is 260 g/mol. The molecule has 0 N–H and O–H groups in total. The fourth-order valence-corrected chi connectivity index (χ4v) is 2.45. The molecule has 3 aliphatic rings. The summed E-state index contributed by atoms with van der Waals surface area (Å²) in [6, 6.07) is 0. The van der Waals surface area contributed by atoms with Crippen LogP contribution in [0.25, 0.3) is 0 Å². The molecule has 0 amide bonds. The highest BCUT2D eigenvalue weighted by atomic mass is 16.8. The van der Waals surface area contributed by atoms with Gasteiger partial charge in [-0.05, 0) is 20.8 Å². The van der Waals surface area contributed by atoms with Crippen LogP contribution in [-0.4, -0.2) is 56.5 Å². The lowest BCUT2D eigenvalue weighted by Crippen LogP contribution is -2.39. The van der Waals surface area contributed by atoms with Crippen LogP contribution in [0.2, 0.25) is 0 Å². The zero-order valence-electron chi connectivity index (χ0n) is 11.0. The third-order valence-electron chi connectivity index (χ3n) is 3.30. The number of fused-ring (bicyclic) bond motifs is 1. The van der Waals surface area contributed by atoms with Crippen LogP contribution in [-0.2, 0) is 28.4 Å². The minimum Gasteiger partial charge on any atom is -0.370 e. The Bertz CT molecular complexity index is 303. The summed E-state index contributed by atoms with van der Waals surface area (Å²) in [5, 5.41) is 0. The fraction of sp³-hybridized carbons (Fsp3) is 1.00. The number of epoxide rings is 1. The summed E-state index contributed by atoms with van der Waals surface area (Å²) in [5.74, 6) is -0.627. The molecule has 3 heterocycles. The monoisotopic (exact) mass is 260 g/mol. The van der Waals surface area contributed by atoms with E-state index in [1.54, 1.807) is 0 Å². The first-order chi connectivity index (χ1) is 8.61. The van der Waals surface area contributed by atoms with Crippen molar-refractivity contribution in [1.29, 1.82) is 0 Å². The van der Waals surface area contributed by atoms with Crippen molar-refractivity contribution >= 4 is 0 Å². The van der Waals surface area contributed by atoms with Crippen molar-refractivity contribution in [1.82, 2.24) is 0 Å². The van der Waals surface area contributed by atoms with Crippen molar-refractivity contribution in [2.75, 3.05) is 20.0 Å². The van der Waals surface area contributed by atoms with E-state index in [4.69, 9.17) is 28.4 Å². The number of hydrogen-bond acceptors (Lipinski definition) is 6. The van der Waals surface area contributed by atoms with Crippen molar-refractivity contribution in [2.45, 2.75) is 57.3 Å². The van der Waals surface area contributed by atoms with Crippen molar-refractivity contribution in [3.05, 3.63) is 0 Å². The van der Waals surface area contributed by atoms with Crippen molar-refractivity contribution in [3.8, 4) is 0 Å². The van der Waals surface area contributed by atoms with E-state index in [-0.39, 0.29) is 37.5 Å². The van der Waals surface area contributed by atoms with Crippen LogP contribution in [0.3, 0.4) is 0 Å². The van der Waals surface area contributed by atoms with E-state index in [1.807, 2.05) is 20.8 Å². The van der Waals surface area contributed by atoms with Gasteiger partial charge in [0.05, 0.1) is 6.61 Å². The molecule has 0 aromatic rings. The Balaban J connectivity index is 1.65. The van der Waals surface area contributed by atoms with Gasteiger partial charge in [0.25, 0.3) is 0 Å². The zero-order valence-corrected chi connectivity index (χ0v) is 11.0. The van der Waals surface area contributed by atoms with E-state index < -0.39 is 5.79 Å². The van der Waals surface area contributed by atoms with Gasteiger partial charge in [-0.25, -0.2) is 0 Å². The molecular weight excluding hydrogens is 240 g/mol. The molecule has 3 aliphatic heterocycles. The van der Waals surface area contributed by atoms with Gasteiger partial charge in [-0.1, -0.05) is 0 Å². The highest BCUT2D eigenvalue weighted by Gasteiger charge is 2.59. The van der Waals surface area contributed by atoms with Gasteiger partial charge in [-0.2, -0.15) is 0 Å². The van der Waals surface area contributed by atoms with Gasteiger partial charge in [-0.15, -0.1) is 0 Å². The van der Waals surface area contributed by atoms with Gasteiger partial charge < -0.3 is 28.4 Å². The van der Waals surface area contributed by atoms with E-state index in [9.17, 15) is 0 Å². The molecule has 6 heteroatoms. The third-order valence-corrected chi connectivity index (χ3v) is 3.30. The first-order valence-corrected chi connectivity index (χ1v) is 6.43. The average Bonchev–Trinajstić information content (AvgIpc) is 3.02. The van der Waals surface area contributed by atoms with Gasteiger partial charge in [-0.3, -0.25) is 0 Å². The van der Waals surface area contributed by atoms with Crippen LogP contribution in [0, 0.1) is 0 Å². The predicted molar refractivity (Wildman–Crippen MR) is 59.8 cm³/mol. The standard InChI is InChI=1S/C12H20O6/c1-4-13-6-15-9-8(7-5-14-7)16-11-10(9)17-12(2,3)18-11/h7-11H,4-6H2,1-3H3/t7?,8-,9?,10?,11-/m1/s1. The smallest absolute Gasteiger partial charge is 0.190 e.